The molecule has 1 heterocycles. The smallest absolute Gasteiger partial charge is 0.303 e. The molecule has 1 aliphatic heterocycles. The van der Waals surface area contributed by atoms with Crippen LogP contribution in [0, 0.1) is 5.92 Å². The van der Waals surface area contributed by atoms with E-state index in [0.717, 1.165) is 0 Å². The first-order chi connectivity index (χ1) is 5.82. The normalized spacial score (nSPS) is 37.7. The minimum Gasteiger partial charge on any atom is -0.303 e. The van der Waals surface area contributed by atoms with Gasteiger partial charge in [-0.05, 0) is 26.3 Å². The molecule has 0 bridgehead atoms. The van der Waals surface area contributed by atoms with Gasteiger partial charge in [-0.3, -0.25) is 0 Å². The summed E-state index contributed by atoms with van der Waals surface area (Å²) in [6.07, 6.45) is 0.399. The van der Waals surface area contributed by atoms with Crippen LogP contribution in [0.15, 0.2) is 0 Å². The Morgan fingerprint density at radius 2 is 1.92 bits per heavy atom. The number of piperidine rings is 1. The topological polar surface area (TPSA) is 37.4 Å². The fourth-order valence-electron chi connectivity index (χ4n) is 1.89. The van der Waals surface area contributed by atoms with E-state index < -0.39 is 15.5 Å². The molecule has 0 radical (unpaired) electrons. The fraction of sp³-hybridized carbons (Fsp3) is 1.00. The van der Waals surface area contributed by atoms with Crippen LogP contribution in [-0.4, -0.2) is 38.2 Å². The zero-order chi connectivity index (χ0) is 10.2. The van der Waals surface area contributed by atoms with Gasteiger partial charge in [0.25, 0.3) is 0 Å². The molecule has 0 N–H and O–H groups in total. The summed E-state index contributed by atoms with van der Waals surface area (Å²) in [4.78, 5) is 2.06. The summed E-state index contributed by atoms with van der Waals surface area (Å²) < 4.78 is 34.3. The SMILES string of the molecule is CC1CN(C)C(C)CC1S(=O)(=O)F. The minimum absolute atomic E-state index is 0.115. The van der Waals surface area contributed by atoms with Crippen LogP contribution in [0.25, 0.3) is 0 Å². The van der Waals surface area contributed by atoms with Gasteiger partial charge >= 0.3 is 10.2 Å². The van der Waals surface area contributed by atoms with E-state index in [1.165, 1.54) is 0 Å². The van der Waals surface area contributed by atoms with E-state index in [1.807, 2.05) is 14.0 Å². The highest BCUT2D eigenvalue weighted by atomic mass is 32.3. The van der Waals surface area contributed by atoms with Gasteiger partial charge in [-0.2, -0.15) is 8.42 Å². The number of nitrogens with zero attached hydrogens (tertiary/aromatic N) is 1. The highest BCUT2D eigenvalue weighted by Gasteiger charge is 2.37. The maximum atomic E-state index is 12.8. The largest absolute Gasteiger partial charge is 0.305 e. The molecule has 0 spiro atoms. The van der Waals surface area contributed by atoms with E-state index in [-0.39, 0.29) is 12.0 Å². The van der Waals surface area contributed by atoms with E-state index in [0.29, 0.717) is 13.0 Å². The number of halogens is 1. The van der Waals surface area contributed by atoms with Gasteiger partial charge in [0.15, 0.2) is 0 Å². The lowest BCUT2D eigenvalue weighted by atomic mass is 9.95. The van der Waals surface area contributed by atoms with Gasteiger partial charge in [0, 0.05) is 12.6 Å². The summed E-state index contributed by atoms with van der Waals surface area (Å²) in [7, 11) is -2.43. The average molecular weight is 209 g/mol. The first-order valence-electron chi connectivity index (χ1n) is 4.46. The summed E-state index contributed by atoms with van der Waals surface area (Å²) in [6.45, 7) is 4.35. The molecular weight excluding hydrogens is 193 g/mol. The van der Waals surface area contributed by atoms with Crippen LogP contribution in [0.4, 0.5) is 3.89 Å². The zero-order valence-corrected chi connectivity index (χ0v) is 9.01. The number of hydrogen-bond acceptors (Lipinski definition) is 3. The second kappa shape index (κ2) is 3.53. The minimum atomic E-state index is -4.36. The molecule has 0 aromatic heterocycles. The molecule has 1 aliphatic rings. The quantitative estimate of drug-likeness (QED) is 0.605. The van der Waals surface area contributed by atoms with Gasteiger partial charge in [-0.1, -0.05) is 6.92 Å². The monoisotopic (exact) mass is 209 g/mol. The molecule has 1 fully saturated rings. The zero-order valence-electron chi connectivity index (χ0n) is 8.20. The van der Waals surface area contributed by atoms with Gasteiger partial charge < -0.3 is 4.90 Å². The van der Waals surface area contributed by atoms with Gasteiger partial charge in [-0.25, -0.2) is 0 Å². The molecule has 0 aliphatic carbocycles. The summed E-state index contributed by atoms with van der Waals surface area (Å²) in [5.74, 6) is -0.115. The van der Waals surface area contributed by atoms with Crippen LogP contribution >= 0.6 is 0 Å². The highest BCUT2D eigenvalue weighted by molar-refractivity contribution is 7.87. The molecule has 1 rings (SSSR count). The Morgan fingerprint density at radius 1 is 1.38 bits per heavy atom. The van der Waals surface area contributed by atoms with Crippen molar-refractivity contribution in [1.82, 2.24) is 4.90 Å². The Labute approximate surface area is 79.1 Å². The van der Waals surface area contributed by atoms with Crippen molar-refractivity contribution in [2.24, 2.45) is 5.92 Å². The van der Waals surface area contributed by atoms with E-state index in [9.17, 15) is 12.3 Å². The van der Waals surface area contributed by atoms with Crippen molar-refractivity contribution in [1.29, 1.82) is 0 Å². The Kier molecular flexibility index (Phi) is 2.97. The molecule has 3 nitrogen and oxygen atoms in total. The molecule has 5 heteroatoms. The van der Waals surface area contributed by atoms with Crippen molar-refractivity contribution in [3.8, 4) is 0 Å². The third kappa shape index (κ3) is 2.40. The number of hydrogen-bond donors (Lipinski definition) is 0. The fourth-order valence-corrected chi connectivity index (χ4v) is 3.04. The van der Waals surface area contributed by atoms with Crippen molar-refractivity contribution >= 4 is 10.2 Å². The summed E-state index contributed by atoms with van der Waals surface area (Å²) >= 11 is 0. The van der Waals surface area contributed by atoms with Crippen LogP contribution in [0.3, 0.4) is 0 Å². The third-order valence-electron chi connectivity index (χ3n) is 2.90. The first kappa shape index (κ1) is 10.9. The molecule has 0 aromatic carbocycles. The van der Waals surface area contributed by atoms with Crippen LogP contribution in [0.1, 0.15) is 20.3 Å². The summed E-state index contributed by atoms with van der Waals surface area (Å²) in [6, 6.07) is 0.145. The van der Waals surface area contributed by atoms with Crippen molar-refractivity contribution in [2.75, 3.05) is 13.6 Å². The Morgan fingerprint density at radius 3 is 2.38 bits per heavy atom. The second-order valence-corrected chi connectivity index (χ2v) is 5.57. The second-order valence-electron chi connectivity index (χ2n) is 4.02. The van der Waals surface area contributed by atoms with Gasteiger partial charge in [0.2, 0.25) is 0 Å². The molecule has 78 valence electrons. The lowest BCUT2D eigenvalue weighted by molar-refractivity contribution is 0.158. The predicted octanol–water partition coefficient (Wildman–Crippen LogP) is 1.01. The Balaban J connectivity index is 2.79. The van der Waals surface area contributed by atoms with Crippen molar-refractivity contribution in [3.05, 3.63) is 0 Å². The van der Waals surface area contributed by atoms with Gasteiger partial charge in [0.05, 0.1) is 5.25 Å². The van der Waals surface area contributed by atoms with Crippen LogP contribution < -0.4 is 0 Å². The average Bonchev–Trinajstić information content (AvgIpc) is 1.94. The summed E-state index contributed by atoms with van der Waals surface area (Å²) in [5, 5.41) is -0.807. The molecule has 1 saturated heterocycles. The maximum Gasteiger partial charge on any atom is 0.305 e. The molecule has 0 amide bonds. The lowest BCUT2D eigenvalue weighted by Gasteiger charge is -2.37. The van der Waals surface area contributed by atoms with E-state index in [2.05, 4.69) is 4.90 Å². The summed E-state index contributed by atoms with van der Waals surface area (Å²) in [5.41, 5.74) is 0. The maximum absolute atomic E-state index is 12.8. The van der Waals surface area contributed by atoms with Crippen LogP contribution in [0.5, 0.6) is 0 Å². The van der Waals surface area contributed by atoms with Crippen molar-refractivity contribution in [3.63, 3.8) is 0 Å². The molecule has 0 aromatic rings. The van der Waals surface area contributed by atoms with E-state index in [1.54, 1.807) is 6.92 Å². The standard InChI is InChI=1S/C8H16FNO2S/c1-6-5-10(3)7(2)4-8(6)13(9,11)12/h6-8H,4-5H2,1-3H3. The number of rotatable bonds is 1. The van der Waals surface area contributed by atoms with Crippen molar-refractivity contribution < 1.29 is 12.3 Å². The molecule has 0 saturated carbocycles. The molecule has 3 unspecified atom stereocenters. The molecule has 13 heavy (non-hydrogen) atoms. The Hall–Kier alpha value is -0.160. The molecular formula is C8H16FNO2S. The van der Waals surface area contributed by atoms with Crippen molar-refractivity contribution in [2.45, 2.75) is 31.6 Å². The lowest BCUT2D eigenvalue weighted by Crippen LogP contribution is -2.47. The molecule has 3 atom stereocenters. The predicted molar refractivity (Wildman–Crippen MR) is 49.7 cm³/mol. The highest BCUT2D eigenvalue weighted by Crippen LogP contribution is 2.27. The van der Waals surface area contributed by atoms with Crippen LogP contribution in [-0.2, 0) is 10.2 Å². The third-order valence-corrected chi connectivity index (χ3v) is 4.28. The van der Waals surface area contributed by atoms with Gasteiger partial charge in [-0.15, -0.1) is 3.89 Å². The first-order valence-corrected chi connectivity index (χ1v) is 5.90. The van der Waals surface area contributed by atoms with Crippen LogP contribution in [0.2, 0.25) is 0 Å². The van der Waals surface area contributed by atoms with E-state index in [4.69, 9.17) is 0 Å². The number of likely N-dealkylation sites (tertiary alicyclic amines) is 1. The van der Waals surface area contributed by atoms with Gasteiger partial charge in [0.1, 0.15) is 0 Å². The van der Waals surface area contributed by atoms with E-state index >= 15 is 0 Å². The Bertz CT molecular complexity index is 278.